The Balaban J connectivity index is 0. The van der Waals surface area contributed by atoms with Gasteiger partial charge >= 0.3 is 0 Å². The Bertz CT molecular complexity index is 173. The van der Waals surface area contributed by atoms with Crippen molar-refractivity contribution in [2.75, 3.05) is 13.7 Å². The van der Waals surface area contributed by atoms with Gasteiger partial charge in [0.1, 0.15) is 0 Å². The van der Waals surface area contributed by atoms with Gasteiger partial charge in [-0.2, -0.15) is 0 Å². The average Bonchev–Trinajstić information content (AvgIpc) is 2.16. The van der Waals surface area contributed by atoms with E-state index in [9.17, 15) is 0 Å². The van der Waals surface area contributed by atoms with Crippen LogP contribution in [0, 0.1) is 0 Å². The summed E-state index contributed by atoms with van der Waals surface area (Å²) in [5.41, 5.74) is 4.40. The molecular formula is C9H20N2O2S2. The van der Waals surface area contributed by atoms with Gasteiger partial charge in [-0.3, -0.25) is 0 Å². The topological polar surface area (TPSA) is 67.5 Å². The maximum atomic E-state index is 7.56. The van der Waals surface area contributed by atoms with E-state index in [2.05, 4.69) is 30.2 Å². The van der Waals surface area contributed by atoms with Crippen LogP contribution in [0.1, 0.15) is 32.6 Å². The van der Waals surface area contributed by atoms with Gasteiger partial charge in [0.05, 0.1) is 7.11 Å². The molecule has 0 aromatic heterocycles. The number of rotatable bonds is 5. The highest BCUT2D eigenvalue weighted by atomic mass is 32.1. The molecule has 0 heterocycles. The molecule has 0 rings (SSSR count). The minimum atomic E-state index is -0.500. The first-order valence-electron chi connectivity index (χ1n) is 4.84. The van der Waals surface area contributed by atoms with Gasteiger partial charge in [-0.25, -0.2) is 0 Å². The van der Waals surface area contributed by atoms with E-state index < -0.39 is 5.17 Å². The molecule has 0 bridgehead atoms. The molecule has 0 aliphatic rings. The minimum Gasteiger partial charge on any atom is -0.487 e. The molecule has 0 amide bonds. The first-order chi connectivity index (χ1) is 7.04. The van der Waals surface area contributed by atoms with Crippen LogP contribution in [0.4, 0.5) is 0 Å². The van der Waals surface area contributed by atoms with Crippen molar-refractivity contribution in [3.05, 3.63) is 0 Å². The third kappa shape index (κ3) is 24.7. The zero-order valence-electron chi connectivity index (χ0n) is 9.28. The molecule has 0 fully saturated rings. The Hall–Kier alpha value is -0.620. The van der Waals surface area contributed by atoms with Gasteiger partial charge in [-0.1, -0.05) is 26.2 Å². The summed E-state index contributed by atoms with van der Waals surface area (Å²) < 4.78 is 4.78. The Morgan fingerprint density at radius 3 is 2.27 bits per heavy atom. The van der Waals surface area contributed by atoms with Crippen LogP contribution in [-0.4, -0.2) is 29.1 Å². The number of aliphatic hydroxyl groups excluding tert-OH is 1. The van der Waals surface area contributed by atoms with E-state index >= 15 is 0 Å². The van der Waals surface area contributed by atoms with E-state index in [4.69, 9.17) is 22.1 Å². The van der Waals surface area contributed by atoms with Crippen molar-refractivity contribution in [3.8, 4) is 0 Å². The third-order valence-electron chi connectivity index (χ3n) is 1.49. The Morgan fingerprint density at radius 1 is 1.33 bits per heavy atom. The molecule has 0 radical (unpaired) electrons. The van der Waals surface area contributed by atoms with Crippen LogP contribution in [0.3, 0.4) is 0 Å². The predicted molar refractivity (Wildman–Crippen MR) is 71.2 cm³/mol. The smallest absolute Gasteiger partial charge is 0.256 e. The molecule has 90 valence electrons. The summed E-state index contributed by atoms with van der Waals surface area (Å²) >= 11 is 8.67. The number of ether oxygens (including phenoxy) is 1. The van der Waals surface area contributed by atoms with E-state index in [0.717, 1.165) is 6.54 Å². The molecule has 0 aliphatic heterocycles. The maximum Gasteiger partial charge on any atom is 0.256 e. The molecule has 4 N–H and O–H groups in total. The van der Waals surface area contributed by atoms with Gasteiger partial charge < -0.3 is 20.9 Å². The molecule has 0 unspecified atom stereocenters. The fraction of sp³-hybridized carbons (Fsp3) is 0.778. The lowest BCUT2D eigenvalue weighted by Gasteiger charge is -2.04. The van der Waals surface area contributed by atoms with E-state index in [1.165, 1.54) is 25.7 Å². The minimum absolute atomic E-state index is 0.500. The lowest BCUT2D eigenvalue weighted by atomic mass is 10.2. The Morgan fingerprint density at radius 2 is 1.87 bits per heavy atom. The van der Waals surface area contributed by atoms with Crippen molar-refractivity contribution in [1.29, 1.82) is 0 Å². The second-order valence-electron chi connectivity index (χ2n) is 2.82. The number of hydrogen-bond donors (Lipinski definition) is 3. The molecular weight excluding hydrogens is 232 g/mol. The summed E-state index contributed by atoms with van der Waals surface area (Å²) in [4.78, 5) is 0. The number of thiocarbonyl (C=S) groups is 2. The van der Waals surface area contributed by atoms with E-state index in [1.54, 1.807) is 7.11 Å². The SMILES string of the molecule is CCCCCCNC(=S)OC.NC(O)=S. The van der Waals surface area contributed by atoms with Crippen LogP contribution in [0.15, 0.2) is 0 Å². The number of methoxy groups -OCH3 is 1. The van der Waals surface area contributed by atoms with Crippen molar-refractivity contribution >= 4 is 34.8 Å². The highest BCUT2D eigenvalue weighted by Crippen LogP contribution is 1.96. The third-order valence-corrected chi connectivity index (χ3v) is 1.80. The molecule has 0 saturated carbocycles. The van der Waals surface area contributed by atoms with Crippen LogP contribution in [-0.2, 0) is 4.74 Å². The summed E-state index contributed by atoms with van der Waals surface area (Å²) in [7, 11) is 1.58. The fourth-order valence-corrected chi connectivity index (χ4v) is 0.916. The maximum absolute atomic E-state index is 7.56. The average molecular weight is 252 g/mol. The van der Waals surface area contributed by atoms with Gasteiger partial charge in [0.15, 0.2) is 0 Å². The lowest BCUT2D eigenvalue weighted by molar-refractivity contribution is 0.392. The quantitative estimate of drug-likeness (QED) is 0.513. The van der Waals surface area contributed by atoms with Gasteiger partial charge in [-0.15, -0.1) is 0 Å². The van der Waals surface area contributed by atoms with Crippen LogP contribution in [0.25, 0.3) is 0 Å². The highest BCUT2D eigenvalue weighted by Gasteiger charge is 1.91. The number of hydrogen-bond acceptors (Lipinski definition) is 3. The molecule has 0 atom stereocenters. The van der Waals surface area contributed by atoms with Crippen molar-refractivity contribution in [2.45, 2.75) is 32.6 Å². The van der Waals surface area contributed by atoms with E-state index in [0.29, 0.717) is 5.17 Å². The second-order valence-corrected chi connectivity index (χ2v) is 3.61. The van der Waals surface area contributed by atoms with Gasteiger partial charge in [0.2, 0.25) is 0 Å². The summed E-state index contributed by atoms with van der Waals surface area (Å²) in [5, 5.41) is 10.6. The summed E-state index contributed by atoms with van der Waals surface area (Å²) in [5.74, 6) is 0. The second kappa shape index (κ2) is 13.4. The van der Waals surface area contributed by atoms with Gasteiger partial charge in [-0.05, 0) is 30.9 Å². The normalized spacial score (nSPS) is 8.40. The molecule has 6 heteroatoms. The fourth-order valence-electron chi connectivity index (χ4n) is 0.814. The van der Waals surface area contributed by atoms with Gasteiger partial charge in [0, 0.05) is 6.54 Å². The molecule has 15 heavy (non-hydrogen) atoms. The zero-order valence-corrected chi connectivity index (χ0v) is 10.9. The molecule has 0 aliphatic carbocycles. The van der Waals surface area contributed by atoms with Crippen molar-refractivity contribution in [2.24, 2.45) is 5.73 Å². The summed E-state index contributed by atoms with van der Waals surface area (Å²) in [6, 6.07) is 0. The summed E-state index contributed by atoms with van der Waals surface area (Å²) in [6.45, 7) is 3.14. The highest BCUT2D eigenvalue weighted by molar-refractivity contribution is 7.80. The van der Waals surface area contributed by atoms with Crippen molar-refractivity contribution in [1.82, 2.24) is 5.32 Å². The summed E-state index contributed by atoms with van der Waals surface area (Å²) in [6.07, 6.45) is 5.03. The molecule has 0 saturated heterocycles. The first kappa shape index (κ1) is 16.8. The molecule has 4 nitrogen and oxygen atoms in total. The van der Waals surface area contributed by atoms with Crippen molar-refractivity contribution in [3.63, 3.8) is 0 Å². The standard InChI is InChI=1S/C8H17NOS.CH3NOS/c1-3-4-5-6-7-9-8(11)10-2;2-1(3)4/h3-7H2,1-2H3,(H,9,11);(H3,2,3,4). The molecule has 0 spiro atoms. The lowest BCUT2D eigenvalue weighted by Crippen LogP contribution is -2.23. The zero-order chi connectivity index (χ0) is 12.1. The van der Waals surface area contributed by atoms with E-state index in [-0.39, 0.29) is 0 Å². The van der Waals surface area contributed by atoms with Crippen molar-refractivity contribution < 1.29 is 9.84 Å². The van der Waals surface area contributed by atoms with Crippen LogP contribution in [0.2, 0.25) is 0 Å². The van der Waals surface area contributed by atoms with E-state index in [1.807, 2.05) is 0 Å². The van der Waals surface area contributed by atoms with Gasteiger partial charge in [0.25, 0.3) is 10.3 Å². The monoisotopic (exact) mass is 252 g/mol. The molecule has 0 aromatic rings. The largest absolute Gasteiger partial charge is 0.487 e. The van der Waals surface area contributed by atoms with Crippen LogP contribution in [0.5, 0.6) is 0 Å². The van der Waals surface area contributed by atoms with Crippen LogP contribution < -0.4 is 11.1 Å². The number of nitrogens with two attached hydrogens (primary N) is 1. The molecule has 0 aromatic carbocycles. The first-order valence-corrected chi connectivity index (χ1v) is 5.66. The van der Waals surface area contributed by atoms with Crippen LogP contribution >= 0.6 is 24.4 Å². The predicted octanol–water partition coefficient (Wildman–Crippen LogP) is 1.88. The Kier molecular flexibility index (Phi) is 15.0. The Labute approximate surface area is 102 Å². The number of unbranched alkanes of at least 4 members (excludes halogenated alkanes) is 3. The number of aliphatic hydroxyl groups is 1. The number of nitrogens with one attached hydrogen (secondary N) is 1.